The number of nitrogens with one attached hydrogen (secondary N) is 1. The van der Waals surface area contributed by atoms with Crippen molar-refractivity contribution in [2.24, 2.45) is 5.92 Å². The Hall–Kier alpha value is -1.35. The Labute approximate surface area is 121 Å². The number of hydrogen-bond acceptors (Lipinski definition) is 3. The molecule has 0 amide bonds. The van der Waals surface area contributed by atoms with Crippen LogP contribution in [-0.4, -0.2) is 25.7 Å². The first-order valence-corrected chi connectivity index (χ1v) is 7.75. The van der Waals surface area contributed by atoms with Crippen molar-refractivity contribution in [3.05, 3.63) is 35.9 Å². The van der Waals surface area contributed by atoms with Gasteiger partial charge in [0.05, 0.1) is 6.61 Å². The summed E-state index contributed by atoms with van der Waals surface area (Å²) in [6.45, 7) is 2.73. The van der Waals surface area contributed by atoms with Gasteiger partial charge >= 0.3 is 5.97 Å². The first-order valence-electron chi connectivity index (χ1n) is 7.75. The Morgan fingerprint density at radius 1 is 1.20 bits per heavy atom. The molecule has 0 unspecified atom stereocenters. The molecule has 1 fully saturated rings. The van der Waals surface area contributed by atoms with Crippen LogP contribution in [-0.2, 0) is 16.0 Å². The normalized spacial score (nSPS) is 16.0. The highest BCUT2D eigenvalue weighted by atomic mass is 16.5. The molecule has 1 N–H and O–H groups in total. The van der Waals surface area contributed by atoms with E-state index in [1.165, 1.54) is 18.4 Å². The molecule has 0 aliphatic carbocycles. The summed E-state index contributed by atoms with van der Waals surface area (Å²) in [4.78, 5) is 11.7. The van der Waals surface area contributed by atoms with Crippen LogP contribution in [0, 0.1) is 5.92 Å². The third kappa shape index (κ3) is 5.74. The van der Waals surface area contributed by atoms with Gasteiger partial charge in [-0.15, -0.1) is 0 Å². The average Bonchev–Trinajstić information content (AvgIpc) is 2.52. The summed E-state index contributed by atoms with van der Waals surface area (Å²) in [6, 6.07) is 10.3. The second-order valence-corrected chi connectivity index (χ2v) is 5.54. The standard InChI is InChI=1S/C17H25NO2/c19-17(9-8-16-10-12-18-13-11-16)20-14-4-7-15-5-2-1-3-6-15/h1-3,5-6,16,18H,4,7-14H2. The molecule has 0 atom stereocenters. The second-order valence-electron chi connectivity index (χ2n) is 5.54. The maximum absolute atomic E-state index is 11.7. The Kier molecular flexibility index (Phi) is 6.58. The lowest BCUT2D eigenvalue weighted by molar-refractivity contribution is -0.144. The topological polar surface area (TPSA) is 38.3 Å². The lowest BCUT2D eigenvalue weighted by Crippen LogP contribution is -2.28. The van der Waals surface area contributed by atoms with Crippen molar-refractivity contribution in [1.82, 2.24) is 5.32 Å². The highest BCUT2D eigenvalue weighted by Gasteiger charge is 2.14. The fourth-order valence-electron chi connectivity index (χ4n) is 2.67. The van der Waals surface area contributed by atoms with Gasteiger partial charge in [-0.05, 0) is 56.7 Å². The predicted octanol–water partition coefficient (Wildman–Crippen LogP) is 2.94. The summed E-state index contributed by atoms with van der Waals surface area (Å²) in [7, 11) is 0. The molecule has 1 aromatic rings. The lowest BCUT2D eigenvalue weighted by atomic mass is 9.93. The third-order valence-electron chi connectivity index (χ3n) is 3.93. The molecule has 0 saturated carbocycles. The van der Waals surface area contributed by atoms with Crippen molar-refractivity contribution in [2.75, 3.05) is 19.7 Å². The maximum atomic E-state index is 11.7. The van der Waals surface area contributed by atoms with E-state index in [0.717, 1.165) is 32.4 Å². The highest BCUT2D eigenvalue weighted by molar-refractivity contribution is 5.69. The first kappa shape index (κ1) is 15.0. The van der Waals surface area contributed by atoms with Crippen LogP contribution < -0.4 is 5.32 Å². The van der Waals surface area contributed by atoms with Crippen LogP contribution in [0.15, 0.2) is 30.3 Å². The second kappa shape index (κ2) is 8.75. The summed E-state index contributed by atoms with van der Waals surface area (Å²) in [6.07, 6.45) is 5.84. The smallest absolute Gasteiger partial charge is 0.305 e. The molecule has 110 valence electrons. The Morgan fingerprint density at radius 2 is 1.95 bits per heavy atom. The predicted molar refractivity (Wildman–Crippen MR) is 80.5 cm³/mol. The van der Waals surface area contributed by atoms with E-state index in [4.69, 9.17) is 4.74 Å². The van der Waals surface area contributed by atoms with E-state index in [0.29, 0.717) is 18.9 Å². The van der Waals surface area contributed by atoms with E-state index in [-0.39, 0.29) is 5.97 Å². The highest BCUT2D eigenvalue weighted by Crippen LogP contribution is 2.17. The van der Waals surface area contributed by atoms with Gasteiger partial charge in [-0.2, -0.15) is 0 Å². The fraction of sp³-hybridized carbons (Fsp3) is 0.588. The number of ether oxygens (including phenoxy) is 1. The molecule has 3 nitrogen and oxygen atoms in total. The van der Waals surface area contributed by atoms with E-state index in [1.54, 1.807) is 0 Å². The van der Waals surface area contributed by atoms with E-state index >= 15 is 0 Å². The SMILES string of the molecule is O=C(CCC1CCNCC1)OCCCc1ccccc1. The number of benzene rings is 1. The largest absolute Gasteiger partial charge is 0.466 e. The molecule has 0 spiro atoms. The lowest BCUT2D eigenvalue weighted by Gasteiger charge is -2.21. The van der Waals surface area contributed by atoms with Gasteiger partial charge in [-0.3, -0.25) is 4.79 Å². The van der Waals surface area contributed by atoms with Gasteiger partial charge in [-0.25, -0.2) is 0 Å². The molecule has 1 heterocycles. The van der Waals surface area contributed by atoms with E-state index in [2.05, 4.69) is 17.4 Å². The number of rotatable bonds is 7. The van der Waals surface area contributed by atoms with Gasteiger partial charge in [0.25, 0.3) is 0 Å². The number of hydrogen-bond donors (Lipinski definition) is 1. The summed E-state index contributed by atoms with van der Waals surface area (Å²) < 4.78 is 5.30. The minimum atomic E-state index is -0.0309. The minimum absolute atomic E-state index is 0.0309. The van der Waals surface area contributed by atoms with Crippen LogP contribution in [0.1, 0.15) is 37.7 Å². The molecule has 0 aromatic heterocycles. The van der Waals surface area contributed by atoms with Crippen LogP contribution >= 0.6 is 0 Å². The zero-order valence-electron chi connectivity index (χ0n) is 12.1. The van der Waals surface area contributed by atoms with Gasteiger partial charge in [0.1, 0.15) is 0 Å². The zero-order chi connectivity index (χ0) is 14.0. The Balaban J connectivity index is 1.51. The van der Waals surface area contributed by atoms with Gasteiger partial charge in [0.15, 0.2) is 0 Å². The van der Waals surface area contributed by atoms with Crippen LogP contribution in [0.5, 0.6) is 0 Å². The number of esters is 1. The van der Waals surface area contributed by atoms with Crippen LogP contribution in [0.4, 0.5) is 0 Å². The summed E-state index contributed by atoms with van der Waals surface area (Å²) in [5.74, 6) is 0.671. The molecule has 1 aromatic carbocycles. The first-order chi connectivity index (χ1) is 9.84. The third-order valence-corrected chi connectivity index (χ3v) is 3.93. The van der Waals surface area contributed by atoms with Crippen LogP contribution in [0.25, 0.3) is 0 Å². The van der Waals surface area contributed by atoms with Gasteiger partial charge in [0, 0.05) is 6.42 Å². The molecule has 1 saturated heterocycles. The monoisotopic (exact) mass is 275 g/mol. The van der Waals surface area contributed by atoms with Crippen molar-refractivity contribution in [3.63, 3.8) is 0 Å². The number of carbonyl (C=O) groups excluding carboxylic acids is 1. The molecule has 1 aliphatic heterocycles. The quantitative estimate of drug-likeness (QED) is 0.614. The average molecular weight is 275 g/mol. The van der Waals surface area contributed by atoms with Crippen molar-refractivity contribution in [1.29, 1.82) is 0 Å². The molecule has 0 bridgehead atoms. The van der Waals surface area contributed by atoms with Crippen molar-refractivity contribution >= 4 is 5.97 Å². The molecule has 1 aliphatic rings. The van der Waals surface area contributed by atoms with Gasteiger partial charge < -0.3 is 10.1 Å². The molecular formula is C17H25NO2. The molecular weight excluding hydrogens is 250 g/mol. The van der Waals surface area contributed by atoms with Crippen molar-refractivity contribution in [2.45, 2.75) is 38.5 Å². The van der Waals surface area contributed by atoms with Crippen molar-refractivity contribution < 1.29 is 9.53 Å². The van der Waals surface area contributed by atoms with E-state index < -0.39 is 0 Å². The molecule has 0 radical (unpaired) electrons. The summed E-state index contributed by atoms with van der Waals surface area (Å²) in [5.41, 5.74) is 1.30. The number of piperidine rings is 1. The molecule has 3 heteroatoms. The molecule has 2 rings (SSSR count). The summed E-state index contributed by atoms with van der Waals surface area (Å²) in [5, 5.41) is 3.34. The Bertz CT molecular complexity index is 385. The molecule has 20 heavy (non-hydrogen) atoms. The number of aryl methyl sites for hydroxylation is 1. The van der Waals surface area contributed by atoms with Crippen LogP contribution in [0.3, 0.4) is 0 Å². The Morgan fingerprint density at radius 3 is 2.70 bits per heavy atom. The van der Waals surface area contributed by atoms with E-state index in [1.807, 2.05) is 18.2 Å². The van der Waals surface area contributed by atoms with Crippen molar-refractivity contribution in [3.8, 4) is 0 Å². The minimum Gasteiger partial charge on any atom is -0.466 e. The fourth-order valence-corrected chi connectivity index (χ4v) is 2.67. The van der Waals surface area contributed by atoms with E-state index in [9.17, 15) is 4.79 Å². The zero-order valence-corrected chi connectivity index (χ0v) is 12.1. The van der Waals surface area contributed by atoms with Gasteiger partial charge in [0.2, 0.25) is 0 Å². The maximum Gasteiger partial charge on any atom is 0.305 e. The number of carbonyl (C=O) groups is 1. The summed E-state index contributed by atoms with van der Waals surface area (Å²) >= 11 is 0. The van der Waals surface area contributed by atoms with Crippen LogP contribution in [0.2, 0.25) is 0 Å². The van der Waals surface area contributed by atoms with Gasteiger partial charge in [-0.1, -0.05) is 30.3 Å².